The number of nitrogens with one attached hydrogen (secondary N) is 4. The highest BCUT2D eigenvalue weighted by Gasteiger charge is 2.70. The Labute approximate surface area is 316 Å². The molecule has 1 saturated heterocycles. The highest BCUT2D eigenvalue weighted by atomic mass is 16.2. The molecular formula is C41H53N7O6. The van der Waals surface area contributed by atoms with Crippen LogP contribution in [-0.2, 0) is 36.8 Å². The monoisotopic (exact) mass is 739 g/mol. The number of Topliss-reactive ketones (excluding diaryl/α,β-unsaturated/α-hetero) is 1. The summed E-state index contributed by atoms with van der Waals surface area (Å²) in [7, 11) is 0. The predicted octanol–water partition coefficient (Wildman–Crippen LogP) is 2.69. The van der Waals surface area contributed by atoms with E-state index in [0.29, 0.717) is 25.8 Å². The summed E-state index contributed by atoms with van der Waals surface area (Å²) >= 11 is 0. The van der Waals surface area contributed by atoms with Gasteiger partial charge in [0.1, 0.15) is 23.8 Å². The van der Waals surface area contributed by atoms with Crippen LogP contribution in [0.4, 0.5) is 0 Å². The van der Waals surface area contributed by atoms with E-state index in [1.54, 1.807) is 4.90 Å². The zero-order valence-electron chi connectivity index (χ0n) is 31.5. The maximum absolute atomic E-state index is 15.0. The Balaban J connectivity index is 1.28. The van der Waals surface area contributed by atoms with Crippen LogP contribution in [0, 0.1) is 29.1 Å². The number of likely N-dealkylation sites (tertiary alicyclic amines) is 1. The highest BCUT2D eigenvalue weighted by Crippen LogP contribution is 2.65. The molecule has 0 bridgehead atoms. The third-order valence-corrected chi connectivity index (χ3v) is 12.2. The zero-order valence-corrected chi connectivity index (χ0v) is 31.5. The number of hydrogen-bond acceptors (Lipinski definition) is 8. The lowest BCUT2D eigenvalue weighted by molar-refractivity contribution is -0.146. The van der Waals surface area contributed by atoms with Crippen LogP contribution in [0.5, 0.6) is 0 Å². The van der Waals surface area contributed by atoms with Gasteiger partial charge in [0, 0.05) is 25.5 Å². The van der Waals surface area contributed by atoms with Crippen LogP contribution in [-0.4, -0.2) is 87.4 Å². The Kier molecular flexibility index (Phi) is 11.9. The standard InChI is InChI=1S/C41H53N7O6/c1-5-12-29(35(49)39(53)44-17-6-2)45-38(52)34-31-28(41(31,3)4)23-48(34)40(54)33(27-20-25-15-10-11-16-26(25)21-27)47-37(51)32(24-13-8-7-9-14-24)46-36(50)30-22-42-18-19-43-30/h6,10-11,15-16,18-19,22,24,27-29,31-34H,2,5,7-9,12-14,17,20-21,23H2,1,3-4H3,(H,44,53)(H,45,52)(H,46,50)(H,47,51)/t28-,29-,31-,32-,33-,34-/m0/s1. The normalized spacial score (nSPS) is 23.2. The van der Waals surface area contributed by atoms with Gasteiger partial charge in [-0.3, -0.25) is 33.8 Å². The van der Waals surface area contributed by atoms with Crippen molar-refractivity contribution < 1.29 is 28.8 Å². The van der Waals surface area contributed by atoms with Crippen molar-refractivity contribution in [3.05, 3.63) is 72.3 Å². The summed E-state index contributed by atoms with van der Waals surface area (Å²) in [6, 6.07) is 4.14. The van der Waals surface area contributed by atoms with Gasteiger partial charge in [-0.15, -0.1) is 6.58 Å². The predicted molar refractivity (Wildman–Crippen MR) is 200 cm³/mol. The third-order valence-electron chi connectivity index (χ3n) is 12.2. The Bertz CT molecular complexity index is 1730. The summed E-state index contributed by atoms with van der Waals surface area (Å²) < 4.78 is 0. The summed E-state index contributed by atoms with van der Waals surface area (Å²) in [5, 5.41) is 11.4. The molecule has 3 aliphatic carbocycles. The molecule has 1 aromatic carbocycles. The molecule has 288 valence electrons. The first-order valence-corrected chi connectivity index (χ1v) is 19.4. The Hall–Kier alpha value is -4.94. The number of rotatable bonds is 15. The lowest BCUT2D eigenvalue weighted by Crippen LogP contribution is -2.62. The minimum Gasteiger partial charge on any atom is -0.346 e. The number of benzene rings is 1. The maximum atomic E-state index is 15.0. The minimum absolute atomic E-state index is 0.0480. The van der Waals surface area contributed by atoms with Crippen molar-refractivity contribution in [1.82, 2.24) is 36.1 Å². The van der Waals surface area contributed by atoms with Gasteiger partial charge < -0.3 is 26.2 Å². The van der Waals surface area contributed by atoms with E-state index < -0.39 is 53.6 Å². The molecule has 0 spiro atoms. The minimum atomic E-state index is -1.06. The molecule has 0 unspecified atom stereocenters. The number of nitrogens with zero attached hydrogens (tertiary/aromatic N) is 3. The van der Waals surface area contributed by atoms with Crippen molar-refractivity contribution in [2.45, 2.75) is 103 Å². The van der Waals surface area contributed by atoms with Crippen molar-refractivity contribution >= 4 is 35.3 Å². The van der Waals surface area contributed by atoms with E-state index in [1.807, 2.05) is 31.2 Å². The fourth-order valence-corrected chi connectivity index (χ4v) is 9.17. The first-order valence-electron chi connectivity index (χ1n) is 19.4. The van der Waals surface area contributed by atoms with Crippen molar-refractivity contribution in [3.8, 4) is 0 Å². The fourth-order valence-electron chi connectivity index (χ4n) is 9.17. The molecule has 13 heteroatoms. The Morgan fingerprint density at radius 3 is 2.28 bits per heavy atom. The number of carbonyl (C=O) groups excluding carboxylic acids is 6. The van der Waals surface area contributed by atoms with Gasteiger partial charge in [-0.2, -0.15) is 0 Å². The molecule has 54 heavy (non-hydrogen) atoms. The van der Waals surface area contributed by atoms with Crippen LogP contribution in [0.1, 0.15) is 87.3 Å². The van der Waals surface area contributed by atoms with Crippen molar-refractivity contribution in [2.75, 3.05) is 13.1 Å². The molecule has 2 heterocycles. The first kappa shape index (κ1) is 38.8. The van der Waals surface area contributed by atoms with E-state index in [0.717, 1.165) is 43.2 Å². The molecule has 1 aromatic heterocycles. The van der Waals surface area contributed by atoms with Gasteiger partial charge in [0.15, 0.2) is 0 Å². The van der Waals surface area contributed by atoms with Gasteiger partial charge in [-0.1, -0.05) is 76.8 Å². The number of hydrogen-bond donors (Lipinski definition) is 4. The summed E-state index contributed by atoms with van der Waals surface area (Å²) in [5.74, 6) is -3.91. The summed E-state index contributed by atoms with van der Waals surface area (Å²) in [6.45, 7) is 10.0. The van der Waals surface area contributed by atoms with E-state index in [2.05, 4.69) is 51.7 Å². The van der Waals surface area contributed by atoms with Crippen LogP contribution >= 0.6 is 0 Å². The van der Waals surface area contributed by atoms with E-state index >= 15 is 4.79 Å². The van der Waals surface area contributed by atoms with Crippen LogP contribution < -0.4 is 21.3 Å². The third kappa shape index (κ3) is 8.09. The van der Waals surface area contributed by atoms with Gasteiger partial charge in [0.05, 0.1) is 12.2 Å². The second-order valence-electron chi connectivity index (χ2n) is 16.0. The van der Waals surface area contributed by atoms with Gasteiger partial charge in [-0.25, -0.2) is 4.98 Å². The molecule has 2 saturated carbocycles. The number of fused-ring (bicyclic) bond motifs is 2. The topological polar surface area (TPSA) is 180 Å². The quantitative estimate of drug-likeness (QED) is 0.159. The maximum Gasteiger partial charge on any atom is 0.289 e. The second-order valence-corrected chi connectivity index (χ2v) is 16.0. The van der Waals surface area contributed by atoms with E-state index in [1.165, 1.54) is 24.7 Å². The number of aromatic nitrogens is 2. The van der Waals surface area contributed by atoms with Gasteiger partial charge in [0.2, 0.25) is 23.5 Å². The van der Waals surface area contributed by atoms with E-state index in [4.69, 9.17) is 0 Å². The lowest BCUT2D eigenvalue weighted by Gasteiger charge is -2.37. The molecular weight excluding hydrogens is 686 g/mol. The van der Waals surface area contributed by atoms with Gasteiger partial charge in [0.25, 0.3) is 11.8 Å². The Morgan fingerprint density at radius 2 is 1.65 bits per heavy atom. The summed E-state index contributed by atoms with van der Waals surface area (Å²) in [4.78, 5) is 92.7. The van der Waals surface area contributed by atoms with Crippen LogP contribution in [0.15, 0.2) is 55.5 Å². The molecule has 0 radical (unpaired) electrons. The average molecular weight is 740 g/mol. The number of ketones is 1. The van der Waals surface area contributed by atoms with Crippen molar-refractivity contribution in [3.63, 3.8) is 0 Å². The Morgan fingerprint density at radius 1 is 0.944 bits per heavy atom. The molecule has 4 aliphatic rings. The number of amides is 5. The molecule has 1 aliphatic heterocycles. The van der Waals surface area contributed by atoms with Gasteiger partial charge in [-0.05, 0) is 72.3 Å². The largest absolute Gasteiger partial charge is 0.346 e. The van der Waals surface area contributed by atoms with Crippen molar-refractivity contribution in [2.24, 2.45) is 29.1 Å². The molecule has 2 aromatic rings. The molecule has 3 fully saturated rings. The summed E-state index contributed by atoms with van der Waals surface area (Å²) in [5.41, 5.74) is 2.08. The van der Waals surface area contributed by atoms with E-state index in [-0.39, 0.29) is 53.7 Å². The van der Waals surface area contributed by atoms with Gasteiger partial charge >= 0.3 is 0 Å². The fraction of sp³-hybridized carbons (Fsp3) is 0.561. The van der Waals surface area contributed by atoms with Crippen LogP contribution in [0.25, 0.3) is 0 Å². The lowest BCUT2D eigenvalue weighted by atomic mass is 9.83. The summed E-state index contributed by atoms with van der Waals surface area (Å²) in [6.07, 6.45) is 12.0. The molecule has 6 atom stereocenters. The van der Waals surface area contributed by atoms with Crippen LogP contribution in [0.2, 0.25) is 0 Å². The first-order chi connectivity index (χ1) is 26.0. The smallest absolute Gasteiger partial charge is 0.289 e. The van der Waals surface area contributed by atoms with Crippen molar-refractivity contribution in [1.29, 1.82) is 0 Å². The molecule has 13 nitrogen and oxygen atoms in total. The number of carbonyl (C=O) groups is 6. The van der Waals surface area contributed by atoms with Crippen LogP contribution in [0.3, 0.4) is 0 Å². The zero-order chi connectivity index (χ0) is 38.6. The second kappa shape index (κ2) is 16.6. The molecule has 5 amide bonds. The molecule has 6 rings (SSSR count). The highest BCUT2D eigenvalue weighted by molar-refractivity contribution is 6.38. The molecule has 4 N–H and O–H groups in total. The van der Waals surface area contributed by atoms with E-state index in [9.17, 15) is 24.0 Å². The number of piperidine rings is 1. The average Bonchev–Trinajstić information content (AvgIpc) is 3.53. The SMILES string of the molecule is C=CCNC(=O)C(=O)[C@H](CCC)NC(=O)[C@@H]1[C@@H]2[C@H](CN1C(=O)[C@@H](NC(=O)[C@@H](NC(=O)c1cnccn1)C1CCCCC1)C1Cc3ccccc3C1)C2(C)C.